The zero-order valence-electron chi connectivity index (χ0n) is 6.33. The van der Waals surface area contributed by atoms with Gasteiger partial charge in [0, 0.05) is 12.5 Å². The van der Waals surface area contributed by atoms with Crippen molar-refractivity contribution in [3.8, 4) is 0 Å². The molecule has 0 aliphatic carbocycles. The van der Waals surface area contributed by atoms with E-state index in [1.807, 2.05) is 6.92 Å². The van der Waals surface area contributed by atoms with E-state index >= 15 is 0 Å². The van der Waals surface area contributed by atoms with Gasteiger partial charge in [0.25, 0.3) is 0 Å². The molecule has 2 nitrogen and oxygen atoms in total. The van der Waals surface area contributed by atoms with Crippen molar-refractivity contribution in [3.63, 3.8) is 0 Å². The molecular weight excluding hydrogens is 128 g/mol. The number of allylic oxidation sites excluding steroid dienone is 1. The summed E-state index contributed by atoms with van der Waals surface area (Å²) < 4.78 is 0. The maximum atomic E-state index is 9.21. The molecule has 0 bridgehead atoms. The SMILES string of the molecule is [CH2]C=CCC(O)C(C)CO. The molecule has 1 radical (unpaired) electrons. The Hall–Kier alpha value is -0.340. The summed E-state index contributed by atoms with van der Waals surface area (Å²) in [5, 5.41) is 17.8. The lowest BCUT2D eigenvalue weighted by Crippen LogP contribution is -2.19. The van der Waals surface area contributed by atoms with E-state index in [1.165, 1.54) is 0 Å². The van der Waals surface area contributed by atoms with Crippen molar-refractivity contribution in [2.75, 3.05) is 6.61 Å². The molecule has 0 aromatic rings. The number of aliphatic hydroxyl groups excluding tert-OH is 2. The molecule has 0 fully saturated rings. The monoisotopic (exact) mass is 143 g/mol. The van der Waals surface area contributed by atoms with E-state index < -0.39 is 6.10 Å². The van der Waals surface area contributed by atoms with Crippen molar-refractivity contribution < 1.29 is 10.2 Å². The van der Waals surface area contributed by atoms with Crippen LogP contribution in [0.15, 0.2) is 12.2 Å². The molecule has 0 saturated heterocycles. The summed E-state index contributed by atoms with van der Waals surface area (Å²) in [5.74, 6) is -0.0452. The maximum Gasteiger partial charge on any atom is 0.0622 e. The second kappa shape index (κ2) is 5.45. The Morgan fingerprint density at radius 2 is 2.20 bits per heavy atom. The van der Waals surface area contributed by atoms with Crippen molar-refractivity contribution in [1.29, 1.82) is 0 Å². The summed E-state index contributed by atoms with van der Waals surface area (Å²) >= 11 is 0. The van der Waals surface area contributed by atoms with E-state index in [0.29, 0.717) is 6.42 Å². The minimum atomic E-state index is -0.442. The lowest BCUT2D eigenvalue weighted by Gasteiger charge is -2.13. The summed E-state index contributed by atoms with van der Waals surface area (Å²) in [6, 6.07) is 0. The summed E-state index contributed by atoms with van der Waals surface area (Å²) in [4.78, 5) is 0. The Balaban J connectivity index is 3.50. The largest absolute Gasteiger partial charge is 0.396 e. The van der Waals surface area contributed by atoms with Gasteiger partial charge in [0.15, 0.2) is 0 Å². The van der Waals surface area contributed by atoms with Crippen LogP contribution in [0.3, 0.4) is 0 Å². The topological polar surface area (TPSA) is 40.5 Å². The number of hydrogen-bond acceptors (Lipinski definition) is 2. The molecule has 0 saturated carbocycles. The van der Waals surface area contributed by atoms with E-state index in [-0.39, 0.29) is 12.5 Å². The quantitative estimate of drug-likeness (QED) is 0.610. The first kappa shape index (κ1) is 9.66. The van der Waals surface area contributed by atoms with Gasteiger partial charge in [-0.25, -0.2) is 0 Å². The summed E-state index contributed by atoms with van der Waals surface area (Å²) in [6.07, 6.45) is 3.57. The van der Waals surface area contributed by atoms with E-state index in [0.717, 1.165) is 0 Å². The Morgan fingerprint density at radius 1 is 1.60 bits per heavy atom. The van der Waals surface area contributed by atoms with Gasteiger partial charge in [-0.05, 0) is 13.3 Å². The first-order valence-corrected chi connectivity index (χ1v) is 3.45. The molecule has 0 aromatic heterocycles. The molecule has 0 heterocycles. The van der Waals surface area contributed by atoms with Crippen LogP contribution >= 0.6 is 0 Å². The van der Waals surface area contributed by atoms with E-state index in [9.17, 15) is 5.11 Å². The summed E-state index contributed by atoms with van der Waals surface area (Å²) in [5.41, 5.74) is 0. The fourth-order valence-corrected chi connectivity index (χ4v) is 0.590. The Labute approximate surface area is 62.2 Å². The van der Waals surface area contributed by atoms with Crippen LogP contribution in [-0.2, 0) is 0 Å². The smallest absolute Gasteiger partial charge is 0.0622 e. The highest BCUT2D eigenvalue weighted by molar-refractivity contribution is 4.86. The van der Waals surface area contributed by atoms with Crippen LogP contribution in [0.5, 0.6) is 0 Å². The molecular formula is C8H15O2. The molecule has 2 unspecified atom stereocenters. The lowest BCUT2D eigenvalue weighted by molar-refractivity contribution is 0.0795. The number of hydrogen-bond donors (Lipinski definition) is 2. The molecule has 0 spiro atoms. The predicted octanol–water partition coefficient (Wildman–Crippen LogP) is 0.756. The third-order valence-corrected chi connectivity index (χ3v) is 1.49. The average Bonchev–Trinajstić information content (AvgIpc) is 1.98. The van der Waals surface area contributed by atoms with Crippen molar-refractivity contribution >= 4 is 0 Å². The standard InChI is InChI=1S/C8H15O2/c1-3-4-5-8(10)7(2)6-9/h3-4,7-10H,1,5-6H2,2H3. The molecule has 0 rings (SSSR count). The van der Waals surface area contributed by atoms with Gasteiger partial charge in [-0.1, -0.05) is 19.1 Å². The third-order valence-electron chi connectivity index (χ3n) is 1.49. The molecule has 10 heavy (non-hydrogen) atoms. The first-order chi connectivity index (χ1) is 4.72. The van der Waals surface area contributed by atoms with Crippen LogP contribution in [0.4, 0.5) is 0 Å². The fraction of sp³-hybridized carbons (Fsp3) is 0.625. The molecule has 2 N–H and O–H groups in total. The molecule has 2 atom stereocenters. The molecule has 59 valence electrons. The van der Waals surface area contributed by atoms with Gasteiger partial charge >= 0.3 is 0 Å². The van der Waals surface area contributed by atoms with Gasteiger partial charge in [0.2, 0.25) is 0 Å². The first-order valence-electron chi connectivity index (χ1n) is 3.45. The highest BCUT2D eigenvalue weighted by Gasteiger charge is 2.10. The van der Waals surface area contributed by atoms with Crippen LogP contribution in [0.25, 0.3) is 0 Å². The van der Waals surface area contributed by atoms with Crippen LogP contribution in [0, 0.1) is 12.8 Å². The van der Waals surface area contributed by atoms with Crippen LogP contribution in [0.1, 0.15) is 13.3 Å². The van der Waals surface area contributed by atoms with Crippen molar-refractivity contribution in [2.45, 2.75) is 19.4 Å². The van der Waals surface area contributed by atoms with Crippen LogP contribution in [-0.4, -0.2) is 22.9 Å². The second-order valence-corrected chi connectivity index (χ2v) is 2.43. The van der Waals surface area contributed by atoms with E-state index in [4.69, 9.17) is 5.11 Å². The van der Waals surface area contributed by atoms with Gasteiger partial charge in [0.1, 0.15) is 0 Å². The highest BCUT2D eigenvalue weighted by Crippen LogP contribution is 2.05. The van der Waals surface area contributed by atoms with E-state index in [1.54, 1.807) is 12.2 Å². The molecule has 0 aliphatic heterocycles. The Bertz CT molecular complexity index is 99.4. The summed E-state index contributed by atoms with van der Waals surface area (Å²) in [7, 11) is 0. The van der Waals surface area contributed by atoms with Crippen molar-refractivity contribution in [2.24, 2.45) is 5.92 Å². The minimum Gasteiger partial charge on any atom is -0.396 e. The Kier molecular flexibility index (Phi) is 5.26. The lowest BCUT2D eigenvalue weighted by atomic mass is 10.0. The third kappa shape index (κ3) is 3.64. The van der Waals surface area contributed by atoms with Gasteiger partial charge in [-0.15, -0.1) is 0 Å². The van der Waals surface area contributed by atoms with Crippen molar-refractivity contribution in [1.82, 2.24) is 0 Å². The molecule has 0 aliphatic rings. The second-order valence-electron chi connectivity index (χ2n) is 2.43. The minimum absolute atomic E-state index is 0.0339. The predicted molar refractivity (Wildman–Crippen MR) is 41.4 cm³/mol. The normalized spacial score (nSPS) is 17.6. The maximum absolute atomic E-state index is 9.21. The van der Waals surface area contributed by atoms with Crippen molar-refractivity contribution in [3.05, 3.63) is 19.1 Å². The Morgan fingerprint density at radius 3 is 2.60 bits per heavy atom. The average molecular weight is 143 g/mol. The van der Waals surface area contributed by atoms with Gasteiger partial charge < -0.3 is 10.2 Å². The summed E-state index contributed by atoms with van der Waals surface area (Å²) in [6.45, 7) is 5.33. The van der Waals surface area contributed by atoms with Gasteiger partial charge in [-0.2, -0.15) is 0 Å². The van der Waals surface area contributed by atoms with E-state index in [2.05, 4.69) is 6.92 Å². The molecule has 2 heteroatoms. The highest BCUT2D eigenvalue weighted by atomic mass is 16.3. The van der Waals surface area contributed by atoms with Crippen LogP contribution < -0.4 is 0 Å². The van der Waals surface area contributed by atoms with Crippen LogP contribution in [0.2, 0.25) is 0 Å². The zero-order valence-corrected chi connectivity index (χ0v) is 6.33. The number of aliphatic hydroxyl groups is 2. The zero-order chi connectivity index (χ0) is 7.98. The molecule has 0 aromatic carbocycles. The molecule has 0 amide bonds. The van der Waals surface area contributed by atoms with Gasteiger partial charge in [0.05, 0.1) is 6.10 Å². The van der Waals surface area contributed by atoms with Gasteiger partial charge in [-0.3, -0.25) is 0 Å². The number of rotatable bonds is 4. The fourth-order valence-electron chi connectivity index (χ4n) is 0.590.